The normalized spacial score (nSPS) is 11.6. The van der Waals surface area contributed by atoms with Crippen molar-refractivity contribution in [3.05, 3.63) is 94.5 Å². The van der Waals surface area contributed by atoms with Gasteiger partial charge in [0.05, 0.1) is 13.2 Å². The van der Waals surface area contributed by atoms with Crippen LogP contribution in [0.1, 0.15) is 58.8 Å². The molecule has 1 amide bonds. The topological polar surface area (TPSA) is 75.6 Å². The fourth-order valence-corrected chi connectivity index (χ4v) is 4.46. The van der Waals surface area contributed by atoms with E-state index in [9.17, 15) is 14.7 Å². The summed E-state index contributed by atoms with van der Waals surface area (Å²) < 4.78 is 5.99. The minimum absolute atomic E-state index is 0. The van der Waals surface area contributed by atoms with Gasteiger partial charge in [-0.2, -0.15) is 11.8 Å². The minimum Gasteiger partial charge on any atom is -0.480 e. The molecule has 0 heterocycles. The first-order valence-electron chi connectivity index (χ1n) is 12.2. The Morgan fingerprint density at radius 3 is 2.22 bits per heavy atom. The van der Waals surface area contributed by atoms with Crippen LogP contribution in [0.5, 0.6) is 0 Å². The van der Waals surface area contributed by atoms with Gasteiger partial charge in [-0.25, -0.2) is 4.79 Å². The van der Waals surface area contributed by atoms with Crippen molar-refractivity contribution in [1.29, 1.82) is 0 Å². The van der Waals surface area contributed by atoms with Crippen molar-refractivity contribution in [2.24, 2.45) is 0 Å². The van der Waals surface area contributed by atoms with Gasteiger partial charge in [0, 0.05) is 5.56 Å². The summed E-state index contributed by atoms with van der Waals surface area (Å²) in [7, 11) is 0. The number of nitrogens with one attached hydrogen (secondary N) is 1. The predicted molar refractivity (Wildman–Crippen MR) is 148 cm³/mol. The van der Waals surface area contributed by atoms with Crippen molar-refractivity contribution >= 4 is 23.6 Å². The maximum absolute atomic E-state index is 13.2. The van der Waals surface area contributed by atoms with E-state index in [0.29, 0.717) is 36.9 Å². The fourth-order valence-electron chi connectivity index (χ4n) is 3.99. The Labute approximate surface area is 236 Å². The molecule has 0 aliphatic carbocycles. The molecule has 0 aliphatic rings. The molecular weight excluding hydrogens is 477 g/mol. The Kier molecular flexibility index (Phi) is 12.5. The third kappa shape index (κ3) is 8.79. The molecule has 3 rings (SSSR count). The molecule has 0 bridgehead atoms. The SMILES string of the molecule is CSCCC(NC(=O)c1ccc(COCc2ccc(C(C)C)cc2)cc1-c1ccccc1C)C(=O)O.[Li+]. The molecule has 190 valence electrons. The zero-order chi connectivity index (χ0) is 26.1. The van der Waals surface area contributed by atoms with Crippen molar-refractivity contribution in [3.8, 4) is 11.1 Å². The van der Waals surface area contributed by atoms with Gasteiger partial charge < -0.3 is 15.2 Å². The number of carbonyl (C=O) groups excluding carboxylic acids is 1. The van der Waals surface area contributed by atoms with Crippen molar-refractivity contribution in [1.82, 2.24) is 5.32 Å². The standard InChI is InChI=1S/C30H35NO4S.Li/c1-20(2)24-12-9-22(10-13-24)18-35-19-23-11-14-26(27(17-23)25-8-6-5-7-21(25)3)29(32)31-28(30(33)34)15-16-36-4;/h5-14,17,20,28H,15-16,18-19H2,1-4H3,(H,31,32)(H,33,34);/q;+1. The molecule has 5 nitrogen and oxygen atoms in total. The Morgan fingerprint density at radius 2 is 1.59 bits per heavy atom. The number of thioether (sulfide) groups is 1. The number of benzene rings is 3. The van der Waals surface area contributed by atoms with Gasteiger partial charge in [0.2, 0.25) is 0 Å². The number of hydrogen-bond donors (Lipinski definition) is 2. The van der Waals surface area contributed by atoms with E-state index >= 15 is 0 Å². The maximum atomic E-state index is 13.2. The third-order valence-corrected chi connectivity index (χ3v) is 6.81. The minimum atomic E-state index is -1.03. The molecule has 0 saturated carbocycles. The molecule has 0 aromatic heterocycles. The van der Waals surface area contributed by atoms with Crippen LogP contribution in [0.25, 0.3) is 11.1 Å². The molecule has 3 aromatic rings. The Balaban J connectivity index is 0.00000481. The predicted octanol–water partition coefficient (Wildman–Crippen LogP) is 3.44. The van der Waals surface area contributed by atoms with E-state index in [1.807, 2.05) is 49.6 Å². The van der Waals surface area contributed by atoms with Gasteiger partial charge in [-0.3, -0.25) is 4.79 Å². The Hall–Kier alpha value is -2.49. The number of ether oxygens (including phenoxy) is 1. The number of amides is 1. The number of carboxylic acid groups (broad SMARTS) is 1. The van der Waals surface area contributed by atoms with Crippen LogP contribution in [0.2, 0.25) is 0 Å². The summed E-state index contributed by atoms with van der Waals surface area (Å²) in [6.07, 6.45) is 2.28. The maximum Gasteiger partial charge on any atom is 1.00 e. The summed E-state index contributed by atoms with van der Waals surface area (Å²) in [5, 5.41) is 12.3. The second-order valence-electron chi connectivity index (χ2n) is 9.23. The van der Waals surface area contributed by atoms with Crippen molar-refractivity contribution in [3.63, 3.8) is 0 Å². The van der Waals surface area contributed by atoms with Gasteiger partial charge >= 0.3 is 24.8 Å². The summed E-state index contributed by atoms with van der Waals surface area (Å²) in [5.41, 5.74) is 6.54. The summed E-state index contributed by atoms with van der Waals surface area (Å²) in [5.74, 6) is -0.272. The van der Waals surface area contributed by atoms with E-state index in [1.165, 1.54) is 5.56 Å². The Morgan fingerprint density at radius 1 is 0.946 bits per heavy atom. The third-order valence-electron chi connectivity index (χ3n) is 6.16. The molecule has 0 fully saturated rings. The zero-order valence-electron chi connectivity index (χ0n) is 22.4. The molecule has 0 spiro atoms. The molecule has 37 heavy (non-hydrogen) atoms. The number of aliphatic carboxylic acids is 1. The smallest absolute Gasteiger partial charge is 0.480 e. The van der Waals surface area contributed by atoms with Crippen molar-refractivity contribution < 1.29 is 38.3 Å². The number of aryl methyl sites for hydroxylation is 1. The van der Waals surface area contributed by atoms with Gasteiger partial charge in [-0.1, -0.05) is 68.4 Å². The van der Waals surface area contributed by atoms with Gasteiger partial charge in [0.1, 0.15) is 6.04 Å². The molecule has 1 atom stereocenters. The van der Waals surface area contributed by atoms with E-state index in [0.717, 1.165) is 27.8 Å². The quantitative estimate of drug-likeness (QED) is 0.364. The number of carbonyl (C=O) groups is 2. The van der Waals surface area contributed by atoms with E-state index in [2.05, 4.69) is 43.4 Å². The first kappa shape index (κ1) is 30.7. The van der Waals surface area contributed by atoms with E-state index in [-0.39, 0.29) is 24.8 Å². The molecule has 0 radical (unpaired) electrons. The van der Waals surface area contributed by atoms with Gasteiger partial charge in [-0.15, -0.1) is 0 Å². The van der Waals surface area contributed by atoms with Crippen molar-refractivity contribution in [2.45, 2.75) is 52.4 Å². The van der Waals surface area contributed by atoms with E-state index in [4.69, 9.17) is 4.74 Å². The molecule has 1 unspecified atom stereocenters. The average molecular weight is 513 g/mol. The largest absolute Gasteiger partial charge is 1.00 e. The number of rotatable bonds is 12. The average Bonchev–Trinajstić information content (AvgIpc) is 2.86. The molecule has 7 heteroatoms. The molecule has 2 N–H and O–H groups in total. The van der Waals surface area contributed by atoms with Gasteiger partial charge in [0.25, 0.3) is 5.91 Å². The molecule has 3 aromatic carbocycles. The molecule has 0 saturated heterocycles. The summed E-state index contributed by atoms with van der Waals surface area (Å²) in [6.45, 7) is 7.24. The van der Waals surface area contributed by atoms with Crippen LogP contribution >= 0.6 is 11.8 Å². The van der Waals surface area contributed by atoms with E-state index < -0.39 is 12.0 Å². The van der Waals surface area contributed by atoms with Crippen LogP contribution in [0, 0.1) is 6.92 Å². The monoisotopic (exact) mass is 512 g/mol. The molecular formula is C30H35LiNO4S+. The first-order valence-corrected chi connectivity index (χ1v) is 13.6. The second kappa shape index (κ2) is 15.0. The van der Waals surface area contributed by atoms with Crippen LogP contribution in [-0.2, 0) is 22.7 Å². The van der Waals surface area contributed by atoms with Crippen LogP contribution in [0.15, 0.2) is 66.7 Å². The summed E-state index contributed by atoms with van der Waals surface area (Å²) in [4.78, 5) is 24.9. The fraction of sp³-hybridized carbons (Fsp3) is 0.333. The van der Waals surface area contributed by atoms with Gasteiger partial charge in [0.15, 0.2) is 0 Å². The summed E-state index contributed by atoms with van der Waals surface area (Å²) in [6, 6.07) is 21.0. The summed E-state index contributed by atoms with van der Waals surface area (Å²) >= 11 is 1.55. The van der Waals surface area contributed by atoms with E-state index in [1.54, 1.807) is 17.8 Å². The van der Waals surface area contributed by atoms with Gasteiger partial charge in [-0.05, 0) is 76.8 Å². The number of carboxylic acids is 1. The second-order valence-corrected chi connectivity index (χ2v) is 10.2. The number of hydrogen-bond acceptors (Lipinski definition) is 4. The van der Waals surface area contributed by atoms with Crippen LogP contribution in [0.4, 0.5) is 0 Å². The van der Waals surface area contributed by atoms with Crippen LogP contribution in [-0.4, -0.2) is 35.0 Å². The zero-order valence-corrected chi connectivity index (χ0v) is 23.2. The van der Waals surface area contributed by atoms with Crippen LogP contribution < -0.4 is 24.2 Å². The van der Waals surface area contributed by atoms with Crippen molar-refractivity contribution in [2.75, 3.05) is 12.0 Å². The first-order chi connectivity index (χ1) is 17.3. The van der Waals surface area contributed by atoms with Crippen LogP contribution in [0.3, 0.4) is 0 Å². The molecule has 0 aliphatic heterocycles. The Bertz CT molecular complexity index is 1180.